The highest BCUT2D eigenvalue weighted by Gasteiger charge is 2.34. The average molecular weight is 262 g/mol. The van der Waals surface area contributed by atoms with Crippen LogP contribution in [0.4, 0.5) is 5.82 Å². The van der Waals surface area contributed by atoms with Gasteiger partial charge in [0.2, 0.25) is 0 Å². The Labute approximate surface area is 114 Å². The summed E-state index contributed by atoms with van der Waals surface area (Å²) >= 11 is 0. The second kappa shape index (κ2) is 5.47. The monoisotopic (exact) mass is 262 g/mol. The summed E-state index contributed by atoms with van der Waals surface area (Å²) in [6, 6.07) is 4.48. The lowest BCUT2D eigenvalue weighted by Crippen LogP contribution is -2.53. The summed E-state index contributed by atoms with van der Waals surface area (Å²) in [5.74, 6) is 1.02. The molecule has 1 saturated heterocycles. The van der Waals surface area contributed by atoms with E-state index in [0.717, 1.165) is 24.5 Å². The van der Waals surface area contributed by atoms with Gasteiger partial charge in [-0.3, -0.25) is 0 Å². The molecule has 3 atom stereocenters. The van der Waals surface area contributed by atoms with Crippen molar-refractivity contribution in [3.63, 3.8) is 0 Å². The van der Waals surface area contributed by atoms with E-state index in [9.17, 15) is 5.11 Å². The molecular weight excluding hydrogens is 240 g/mol. The summed E-state index contributed by atoms with van der Waals surface area (Å²) in [5.41, 5.74) is 0.872. The highest BCUT2D eigenvalue weighted by atomic mass is 16.5. The second-order valence-electron chi connectivity index (χ2n) is 5.58. The molecule has 2 fully saturated rings. The number of fused-ring (bicyclic) bond motifs is 1. The first-order valence-electron chi connectivity index (χ1n) is 7.28. The summed E-state index contributed by atoms with van der Waals surface area (Å²) in [6.45, 7) is 3.48. The topological polar surface area (TPSA) is 45.6 Å². The Hall–Kier alpha value is -1.13. The molecule has 1 aliphatic carbocycles. The van der Waals surface area contributed by atoms with Gasteiger partial charge < -0.3 is 14.7 Å². The van der Waals surface area contributed by atoms with Crippen molar-refractivity contribution >= 4 is 5.82 Å². The number of nitrogens with zero attached hydrogens (tertiary/aromatic N) is 2. The van der Waals surface area contributed by atoms with Crippen LogP contribution in [0.5, 0.6) is 0 Å². The van der Waals surface area contributed by atoms with Crippen LogP contribution in [0, 0.1) is 0 Å². The number of ether oxygens (including phenoxy) is 1. The first kappa shape index (κ1) is 12.9. The Kier molecular flexibility index (Phi) is 3.71. The fraction of sp³-hybridized carbons (Fsp3) is 0.667. The second-order valence-corrected chi connectivity index (χ2v) is 5.58. The lowest BCUT2D eigenvalue weighted by atomic mass is 9.90. The molecule has 3 unspecified atom stereocenters. The number of anilines is 1. The van der Waals surface area contributed by atoms with E-state index in [-0.39, 0.29) is 0 Å². The molecule has 1 aliphatic heterocycles. The third kappa shape index (κ3) is 2.60. The molecule has 2 aliphatic rings. The van der Waals surface area contributed by atoms with E-state index in [1.165, 1.54) is 25.7 Å². The zero-order valence-electron chi connectivity index (χ0n) is 11.5. The summed E-state index contributed by atoms with van der Waals surface area (Å²) in [6.07, 6.45) is 6.65. The highest BCUT2D eigenvalue weighted by molar-refractivity contribution is 5.42. The van der Waals surface area contributed by atoms with Crippen molar-refractivity contribution in [2.45, 2.75) is 50.9 Å². The van der Waals surface area contributed by atoms with E-state index in [0.29, 0.717) is 12.1 Å². The Morgan fingerprint density at radius 1 is 1.37 bits per heavy atom. The number of aromatic nitrogens is 1. The Bertz CT molecular complexity index is 417. The zero-order chi connectivity index (χ0) is 13.2. The van der Waals surface area contributed by atoms with Crippen LogP contribution in [0.2, 0.25) is 0 Å². The van der Waals surface area contributed by atoms with E-state index >= 15 is 0 Å². The number of morpholine rings is 1. The van der Waals surface area contributed by atoms with Gasteiger partial charge in [-0.05, 0) is 31.4 Å². The smallest absolute Gasteiger partial charge is 0.128 e. The Morgan fingerprint density at radius 2 is 2.21 bits per heavy atom. The Balaban J connectivity index is 1.79. The van der Waals surface area contributed by atoms with Gasteiger partial charge in [0.05, 0.1) is 24.9 Å². The van der Waals surface area contributed by atoms with Crippen LogP contribution in [0.3, 0.4) is 0 Å². The van der Waals surface area contributed by atoms with E-state index < -0.39 is 6.10 Å². The van der Waals surface area contributed by atoms with Crippen molar-refractivity contribution in [2.24, 2.45) is 0 Å². The highest BCUT2D eigenvalue weighted by Crippen LogP contribution is 2.31. The lowest BCUT2D eigenvalue weighted by molar-refractivity contribution is -0.00899. The molecule has 0 spiro atoms. The van der Waals surface area contributed by atoms with Gasteiger partial charge >= 0.3 is 0 Å². The van der Waals surface area contributed by atoms with Gasteiger partial charge in [-0.2, -0.15) is 0 Å². The van der Waals surface area contributed by atoms with Gasteiger partial charge in [-0.15, -0.1) is 0 Å². The third-order valence-corrected chi connectivity index (χ3v) is 4.28. The molecule has 1 saturated carbocycles. The van der Waals surface area contributed by atoms with Crippen molar-refractivity contribution in [3.05, 3.63) is 23.9 Å². The minimum Gasteiger partial charge on any atom is -0.389 e. The maximum Gasteiger partial charge on any atom is 0.128 e. The van der Waals surface area contributed by atoms with Crippen LogP contribution in [-0.4, -0.2) is 35.4 Å². The lowest BCUT2D eigenvalue weighted by Gasteiger charge is -2.44. The van der Waals surface area contributed by atoms with Crippen molar-refractivity contribution in [2.75, 3.05) is 18.1 Å². The van der Waals surface area contributed by atoms with Gasteiger partial charge in [0, 0.05) is 12.7 Å². The maximum atomic E-state index is 9.54. The summed E-state index contributed by atoms with van der Waals surface area (Å²) < 4.78 is 5.89. The molecule has 4 nitrogen and oxygen atoms in total. The predicted octanol–water partition coefficient (Wildman–Crippen LogP) is 2.28. The first-order valence-corrected chi connectivity index (χ1v) is 7.28. The standard InChI is InChI=1S/C15H22N2O2/c1-11(18)12-6-7-15(16-10-12)17-8-9-19-14-5-3-2-4-13(14)17/h6-7,10-11,13-14,18H,2-5,8-9H2,1H3. The van der Waals surface area contributed by atoms with Crippen LogP contribution in [-0.2, 0) is 4.74 Å². The summed E-state index contributed by atoms with van der Waals surface area (Å²) in [7, 11) is 0. The molecule has 4 heteroatoms. The van der Waals surface area contributed by atoms with Crippen molar-refractivity contribution in [3.8, 4) is 0 Å². The molecular formula is C15H22N2O2. The van der Waals surface area contributed by atoms with E-state index in [1.807, 2.05) is 12.1 Å². The van der Waals surface area contributed by atoms with E-state index in [4.69, 9.17) is 4.74 Å². The number of rotatable bonds is 2. The number of hydrogen-bond acceptors (Lipinski definition) is 4. The molecule has 0 bridgehead atoms. The molecule has 19 heavy (non-hydrogen) atoms. The number of aliphatic hydroxyl groups excluding tert-OH is 1. The zero-order valence-corrected chi connectivity index (χ0v) is 11.5. The predicted molar refractivity (Wildman–Crippen MR) is 74.2 cm³/mol. The minimum absolute atomic E-state index is 0.376. The molecule has 0 aromatic carbocycles. The molecule has 3 rings (SSSR count). The molecule has 1 N–H and O–H groups in total. The summed E-state index contributed by atoms with van der Waals surface area (Å²) in [4.78, 5) is 6.91. The fourth-order valence-electron chi connectivity index (χ4n) is 3.20. The van der Waals surface area contributed by atoms with Crippen LogP contribution in [0.1, 0.15) is 44.3 Å². The Morgan fingerprint density at radius 3 is 2.95 bits per heavy atom. The molecule has 0 radical (unpaired) electrons. The third-order valence-electron chi connectivity index (χ3n) is 4.28. The molecule has 0 amide bonds. The van der Waals surface area contributed by atoms with Gasteiger partial charge in [0.1, 0.15) is 5.82 Å². The molecule has 104 valence electrons. The van der Waals surface area contributed by atoms with Crippen LogP contribution in [0.15, 0.2) is 18.3 Å². The van der Waals surface area contributed by atoms with E-state index in [2.05, 4.69) is 9.88 Å². The van der Waals surface area contributed by atoms with Gasteiger partial charge in [0.15, 0.2) is 0 Å². The van der Waals surface area contributed by atoms with Crippen LogP contribution < -0.4 is 4.90 Å². The quantitative estimate of drug-likeness (QED) is 0.888. The van der Waals surface area contributed by atoms with Crippen molar-refractivity contribution in [1.29, 1.82) is 0 Å². The number of hydrogen-bond donors (Lipinski definition) is 1. The van der Waals surface area contributed by atoms with Crippen LogP contribution in [0.25, 0.3) is 0 Å². The van der Waals surface area contributed by atoms with Crippen molar-refractivity contribution in [1.82, 2.24) is 4.98 Å². The van der Waals surface area contributed by atoms with Gasteiger partial charge in [-0.25, -0.2) is 4.98 Å². The largest absolute Gasteiger partial charge is 0.389 e. The molecule has 1 aromatic heterocycles. The van der Waals surface area contributed by atoms with Crippen LogP contribution >= 0.6 is 0 Å². The molecule has 2 heterocycles. The summed E-state index contributed by atoms with van der Waals surface area (Å²) in [5, 5.41) is 9.54. The van der Waals surface area contributed by atoms with E-state index in [1.54, 1.807) is 13.1 Å². The minimum atomic E-state index is -0.450. The normalized spacial score (nSPS) is 28.8. The number of aliphatic hydroxyl groups is 1. The maximum absolute atomic E-state index is 9.54. The first-order chi connectivity index (χ1) is 9.25. The van der Waals surface area contributed by atoms with Crippen molar-refractivity contribution < 1.29 is 9.84 Å². The number of pyridine rings is 1. The van der Waals surface area contributed by atoms with Gasteiger partial charge in [0.25, 0.3) is 0 Å². The fourth-order valence-corrected chi connectivity index (χ4v) is 3.20. The molecule has 1 aromatic rings. The van der Waals surface area contributed by atoms with Gasteiger partial charge in [-0.1, -0.05) is 18.9 Å². The SMILES string of the molecule is CC(O)c1ccc(N2CCOC3CCCCC32)nc1. The average Bonchev–Trinajstić information content (AvgIpc) is 2.47.